The van der Waals surface area contributed by atoms with Gasteiger partial charge >= 0.3 is 5.97 Å². The van der Waals surface area contributed by atoms with Crippen molar-refractivity contribution in [2.75, 3.05) is 13.1 Å². The maximum Gasteiger partial charge on any atom is 0.307 e. The molecule has 0 spiro atoms. The Balaban J connectivity index is 2.25. The third-order valence-corrected chi connectivity index (χ3v) is 4.02. The number of carboxylic acid groups (broad SMARTS) is 1. The van der Waals surface area contributed by atoms with Gasteiger partial charge < -0.3 is 10.8 Å². The van der Waals surface area contributed by atoms with E-state index in [0.29, 0.717) is 11.5 Å². The van der Waals surface area contributed by atoms with E-state index in [1.165, 1.54) is 0 Å². The zero-order chi connectivity index (χ0) is 14.7. The molecule has 108 valence electrons. The van der Waals surface area contributed by atoms with Gasteiger partial charge in [0.1, 0.15) is 0 Å². The average Bonchev–Trinajstić information content (AvgIpc) is 2.39. The molecule has 1 aromatic rings. The molecule has 5 heteroatoms. The van der Waals surface area contributed by atoms with Crippen molar-refractivity contribution in [3.63, 3.8) is 0 Å². The molecular weight excluding hydrogens is 272 g/mol. The van der Waals surface area contributed by atoms with Gasteiger partial charge in [-0.1, -0.05) is 42.0 Å². The molecule has 2 unspecified atom stereocenters. The van der Waals surface area contributed by atoms with Crippen molar-refractivity contribution in [3.8, 4) is 0 Å². The fraction of sp³-hybridized carbons (Fsp3) is 0.467. The van der Waals surface area contributed by atoms with Crippen LogP contribution in [-0.2, 0) is 4.79 Å². The summed E-state index contributed by atoms with van der Waals surface area (Å²) in [4.78, 5) is 13.7. The van der Waals surface area contributed by atoms with E-state index in [4.69, 9.17) is 18.0 Å². The van der Waals surface area contributed by atoms with Gasteiger partial charge in [-0.2, -0.15) is 0 Å². The van der Waals surface area contributed by atoms with Crippen molar-refractivity contribution >= 4 is 23.2 Å². The number of hydrogen-bond donors (Lipinski definition) is 2. The first-order valence-corrected chi connectivity index (χ1v) is 7.22. The third kappa shape index (κ3) is 3.35. The number of nitrogens with zero attached hydrogens (tertiary/aromatic N) is 1. The first-order valence-electron chi connectivity index (χ1n) is 6.82. The summed E-state index contributed by atoms with van der Waals surface area (Å²) in [7, 11) is 0. The van der Waals surface area contributed by atoms with Crippen LogP contribution in [0.15, 0.2) is 24.3 Å². The van der Waals surface area contributed by atoms with Crippen LogP contribution in [0.3, 0.4) is 0 Å². The van der Waals surface area contributed by atoms with E-state index in [-0.39, 0.29) is 12.0 Å². The van der Waals surface area contributed by atoms with Crippen molar-refractivity contribution in [2.24, 2.45) is 11.7 Å². The van der Waals surface area contributed by atoms with Gasteiger partial charge in [0.2, 0.25) is 0 Å². The van der Waals surface area contributed by atoms with Gasteiger partial charge in [0, 0.05) is 6.54 Å². The molecule has 1 aromatic carbocycles. The number of rotatable bonds is 4. The Morgan fingerprint density at radius 3 is 2.90 bits per heavy atom. The van der Waals surface area contributed by atoms with Crippen LogP contribution in [0.5, 0.6) is 0 Å². The zero-order valence-electron chi connectivity index (χ0n) is 11.6. The lowest BCUT2D eigenvalue weighted by Crippen LogP contribution is -2.44. The van der Waals surface area contributed by atoms with Crippen LogP contribution in [0.25, 0.3) is 0 Å². The molecule has 1 aliphatic heterocycles. The summed E-state index contributed by atoms with van der Waals surface area (Å²) >= 11 is 5.22. The maximum atomic E-state index is 11.2. The SMILES string of the molecule is Cc1cccc(C(C(N)=S)N2CCCC(C(=O)O)C2)c1. The Kier molecular flexibility index (Phi) is 4.73. The number of carbonyl (C=O) groups is 1. The molecule has 0 saturated carbocycles. The minimum atomic E-state index is -0.736. The molecule has 1 aliphatic rings. The lowest BCUT2D eigenvalue weighted by Gasteiger charge is -2.36. The number of likely N-dealkylation sites (tertiary alicyclic amines) is 1. The molecule has 0 amide bonds. The number of carboxylic acids is 1. The zero-order valence-corrected chi connectivity index (χ0v) is 12.4. The van der Waals surface area contributed by atoms with E-state index in [0.717, 1.165) is 30.5 Å². The van der Waals surface area contributed by atoms with Crippen LogP contribution in [-0.4, -0.2) is 34.1 Å². The highest BCUT2D eigenvalue weighted by Crippen LogP contribution is 2.28. The highest BCUT2D eigenvalue weighted by atomic mass is 32.1. The molecular formula is C15H20N2O2S. The number of hydrogen-bond acceptors (Lipinski definition) is 3. The smallest absolute Gasteiger partial charge is 0.307 e. The van der Waals surface area contributed by atoms with Gasteiger partial charge in [-0.25, -0.2) is 0 Å². The van der Waals surface area contributed by atoms with Crippen molar-refractivity contribution < 1.29 is 9.90 Å². The normalized spacial score (nSPS) is 21.4. The summed E-state index contributed by atoms with van der Waals surface area (Å²) in [6.07, 6.45) is 1.59. The third-order valence-electron chi connectivity index (χ3n) is 3.79. The van der Waals surface area contributed by atoms with Crippen LogP contribution in [0, 0.1) is 12.8 Å². The Hall–Kier alpha value is -1.46. The monoisotopic (exact) mass is 292 g/mol. The number of nitrogens with two attached hydrogens (primary N) is 1. The quantitative estimate of drug-likeness (QED) is 0.832. The Labute approximate surface area is 124 Å². The van der Waals surface area contributed by atoms with E-state index in [1.54, 1.807) is 0 Å². The largest absolute Gasteiger partial charge is 0.481 e. The lowest BCUT2D eigenvalue weighted by atomic mass is 9.94. The predicted molar refractivity (Wildman–Crippen MR) is 82.6 cm³/mol. The summed E-state index contributed by atoms with van der Waals surface area (Å²) in [5, 5.41) is 9.20. The minimum absolute atomic E-state index is 0.174. The predicted octanol–water partition coefficient (Wildman–Crippen LogP) is 2.12. The molecule has 3 N–H and O–H groups in total. The number of aryl methyl sites for hydroxylation is 1. The highest BCUT2D eigenvalue weighted by molar-refractivity contribution is 7.80. The van der Waals surface area contributed by atoms with Crippen LogP contribution in [0.4, 0.5) is 0 Å². The summed E-state index contributed by atoms with van der Waals surface area (Å²) in [6, 6.07) is 7.90. The molecule has 0 aromatic heterocycles. The lowest BCUT2D eigenvalue weighted by molar-refractivity contribution is -0.143. The molecule has 0 bridgehead atoms. The summed E-state index contributed by atoms with van der Waals surface area (Å²) in [6.45, 7) is 3.36. The number of aliphatic carboxylic acids is 1. The van der Waals surface area contributed by atoms with E-state index < -0.39 is 5.97 Å². The van der Waals surface area contributed by atoms with Crippen LogP contribution < -0.4 is 5.73 Å². The Morgan fingerprint density at radius 2 is 2.30 bits per heavy atom. The fourth-order valence-corrected chi connectivity index (χ4v) is 3.12. The van der Waals surface area contributed by atoms with Gasteiger partial charge in [-0.15, -0.1) is 0 Å². The van der Waals surface area contributed by atoms with Crippen molar-refractivity contribution in [2.45, 2.75) is 25.8 Å². The molecule has 1 heterocycles. The topological polar surface area (TPSA) is 66.6 Å². The average molecular weight is 292 g/mol. The number of piperidine rings is 1. The summed E-state index contributed by atoms with van der Waals surface area (Å²) < 4.78 is 0. The standard InChI is InChI=1S/C15H20N2O2S/c1-10-4-2-5-11(8-10)13(14(16)20)17-7-3-6-12(9-17)15(18)19/h2,4-5,8,12-13H,3,6-7,9H2,1H3,(H2,16,20)(H,18,19). The van der Waals surface area contributed by atoms with Gasteiger partial charge in [0.05, 0.1) is 16.9 Å². The van der Waals surface area contributed by atoms with Crippen molar-refractivity contribution in [3.05, 3.63) is 35.4 Å². The van der Waals surface area contributed by atoms with Crippen LogP contribution in [0.1, 0.15) is 30.0 Å². The molecule has 0 aliphatic carbocycles. The molecule has 1 saturated heterocycles. The highest BCUT2D eigenvalue weighted by Gasteiger charge is 2.31. The van der Waals surface area contributed by atoms with Crippen LogP contribution >= 0.6 is 12.2 Å². The second-order valence-electron chi connectivity index (χ2n) is 5.39. The van der Waals surface area contributed by atoms with Gasteiger partial charge in [-0.3, -0.25) is 9.69 Å². The number of thiocarbonyl (C=S) groups is 1. The van der Waals surface area contributed by atoms with Gasteiger partial charge in [-0.05, 0) is 31.9 Å². The van der Waals surface area contributed by atoms with Crippen molar-refractivity contribution in [1.82, 2.24) is 4.90 Å². The fourth-order valence-electron chi connectivity index (χ4n) is 2.84. The van der Waals surface area contributed by atoms with E-state index in [2.05, 4.69) is 11.0 Å². The maximum absolute atomic E-state index is 11.2. The van der Waals surface area contributed by atoms with E-state index >= 15 is 0 Å². The first kappa shape index (κ1) is 14.9. The molecule has 4 nitrogen and oxygen atoms in total. The van der Waals surface area contributed by atoms with Gasteiger partial charge in [0.15, 0.2) is 0 Å². The molecule has 0 radical (unpaired) electrons. The second-order valence-corrected chi connectivity index (χ2v) is 5.86. The number of benzene rings is 1. The Morgan fingerprint density at radius 1 is 1.55 bits per heavy atom. The molecule has 2 atom stereocenters. The van der Waals surface area contributed by atoms with E-state index in [9.17, 15) is 9.90 Å². The first-order chi connectivity index (χ1) is 9.49. The molecule has 1 fully saturated rings. The summed E-state index contributed by atoms with van der Waals surface area (Å²) in [5.41, 5.74) is 8.11. The second kappa shape index (κ2) is 6.33. The van der Waals surface area contributed by atoms with Crippen molar-refractivity contribution in [1.29, 1.82) is 0 Å². The summed E-state index contributed by atoms with van der Waals surface area (Å²) in [5.74, 6) is -1.06. The minimum Gasteiger partial charge on any atom is -0.481 e. The Bertz CT molecular complexity index is 518. The molecule has 20 heavy (non-hydrogen) atoms. The van der Waals surface area contributed by atoms with E-state index in [1.807, 2.05) is 25.1 Å². The molecule has 2 rings (SSSR count). The van der Waals surface area contributed by atoms with Gasteiger partial charge in [0.25, 0.3) is 0 Å². The van der Waals surface area contributed by atoms with Crippen LogP contribution in [0.2, 0.25) is 0 Å².